The fraction of sp³-hybridized carbons (Fsp3) is 0.438. The van der Waals surface area contributed by atoms with Crippen molar-refractivity contribution in [2.75, 3.05) is 19.7 Å². The summed E-state index contributed by atoms with van der Waals surface area (Å²) in [6, 6.07) is 4.91. The SMILES string of the molecule is O=C(CCc1ccc(Cl)cc1Cl)N1CCC(N2C(=O)COC2=O)C1. The number of imide groups is 1. The van der Waals surface area contributed by atoms with E-state index in [1.54, 1.807) is 17.0 Å². The summed E-state index contributed by atoms with van der Waals surface area (Å²) < 4.78 is 4.72. The number of hydrogen-bond acceptors (Lipinski definition) is 4. The van der Waals surface area contributed by atoms with Crippen LogP contribution >= 0.6 is 23.2 Å². The molecule has 6 nitrogen and oxygen atoms in total. The van der Waals surface area contributed by atoms with Gasteiger partial charge >= 0.3 is 6.09 Å². The van der Waals surface area contributed by atoms with Gasteiger partial charge < -0.3 is 9.64 Å². The van der Waals surface area contributed by atoms with E-state index in [0.29, 0.717) is 42.4 Å². The summed E-state index contributed by atoms with van der Waals surface area (Å²) in [5.41, 5.74) is 0.864. The van der Waals surface area contributed by atoms with Crippen LogP contribution < -0.4 is 0 Å². The fourth-order valence-electron chi connectivity index (χ4n) is 3.02. The number of likely N-dealkylation sites (tertiary alicyclic amines) is 1. The highest BCUT2D eigenvalue weighted by Gasteiger charge is 2.41. The topological polar surface area (TPSA) is 66.9 Å². The predicted octanol–water partition coefficient (Wildman–Crippen LogP) is 2.51. The molecule has 128 valence electrons. The van der Waals surface area contributed by atoms with Gasteiger partial charge in [0.1, 0.15) is 0 Å². The lowest BCUT2D eigenvalue weighted by Crippen LogP contribution is -2.42. The quantitative estimate of drug-likeness (QED) is 0.816. The number of aryl methyl sites for hydroxylation is 1. The normalized spacial score (nSPS) is 20.7. The van der Waals surface area contributed by atoms with Crippen LogP contribution in [0.2, 0.25) is 10.0 Å². The third-order valence-electron chi connectivity index (χ3n) is 4.29. The Labute approximate surface area is 149 Å². The standard InChI is InChI=1S/C16H16Cl2N2O4/c17-11-3-1-10(13(18)7-11)2-4-14(21)19-6-5-12(8-19)20-15(22)9-24-16(20)23/h1,3,7,12H,2,4-6,8-9H2. The highest BCUT2D eigenvalue weighted by atomic mass is 35.5. The number of nitrogens with zero attached hydrogens (tertiary/aromatic N) is 2. The monoisotopic (exact) mass is 370 g/mol. The number of ether oxygens (including phenoxy) is 1. The molecule has 0 spiro atoms. The van der Waals surface area contributed by atoms with Gasteiger partial charge in [0.15, 0.2) is 6.61 Å². The van der Waals surface area contributed by atoms with Gasteiger partial charge in [0.05, 0.1) is 6.04 Å². The molecule has 0 radical (unpaired) electrons. The molecule has 0 N–H and O–H groups in total. The lowest BCUT2D eigenvalue weighted by molar-refractivity contribution is -0.131. The van der Waals surface area contributed by atoms with Gasteiger partial charge in [-0.1, -0.05) is 29.3 Å². The van der Waals surface area contributed by atoms with E-state index in [0.717, 1.165) is 10.5 Å². The van der Waals surface area contributed by atoms with E-state index in [4.69, 9.17) is 27.9 Å². The highest BCUT2D eigenvalue weighted by molar-refractivity contribution is 6.35. The predicted molar refractivity (Wildman–Crippen MR) is 88.0 cm³/mol. The first-order valence-corrected chi connectivity index (χ1v) is 8.42. The number of carbonyl (C=O) groups excluding carboxylic acids is 3. The number of amides is 3. The van der Waals surface area contributed by atoms with E-state index in [1.807, 2.05) is 6.07 Å². The minimum atomic E-state index is -0.618. The van der Waals surface area contributed by atoms with Crippen molar-refractivity contribution < 1.29 is 19.1 Å². The summed E-state index contributed by atoms with van der Waals surface area (Å²) in [5.74, 6) is -0.365. The van der Waals surface area contributed by atoms with Crippen LogP contribution in [0.4, 0.5) is 4.79 Å². The van der Waals surface area contributed by atoms with Crippen LogP contribution in [0.1, 0.15) is 18.4 Å². The Morgan fingerprint density at radius 2 is 2.08 bits per heavy atom. The molecule has 1 aromatic carbocycles. The first-order valence-electron chi connectivity index (χ1n) is 7.66. The molecule has 0 saturated carbocycles. The van der Waals surface area contributed by atoms with Gasteiger partial charge in [0.2, 0.25) is 5.91 Å². The molecule has 2 aliphatic rings. The summed E-state index contributed by atoms with van der Waals surface area (Å²) in [6.07, 6.45) is 0.786. The second kappa shape index (κ2) is 6.99. The second-order valence-electron chi connectivity index (χ2n) is 5.84. The van der Waals surface area contributed by atoms with Crippen molar-refractivity contribution in [3.63, 3.8) is 0 Å². The van der Waals surface area contributed by atoms with E-state index in [1.165, 1.54) is 0 Å². The molecule has 2 fully saturated rings. The van der Waals surface area contributed by atoms with Crippen molar-refractivity contribution in [3.8, 4) is 0 Å². The summed E-state index contributed by atoms with van der Waals surface area (Å²) >= 11 is 12.0. The molecule has 1 aromatic rings. The third kappa shape index (κ3) is 3.49. The number of cyclic esters (lactones) is 1. The zero-order valence-corrected chi connectivity index (χ0v) is 14.3. The van der Waals surface area contributed by atoms with Crippen LogP contribution in [0.5, 0.6) is 0 Å². The molecule has 24 heavy (non-hydrogen) atoms. The maximum absolute atomic E-state index is 12.4. The molecule has 2 saturated heterocycles. The molecule has 0 aromatic heterocycles. The molecule has 8 heteroatoms. The van der Waals surface area contributed by atoms with E-state index in [-0.39, 0.29) is 24.5 Å². The van der Waals surface area contributed by atoms with Crippen LogP contribution in [0.15, 0.2) is 18.2 Å². The zero-order chi connectivity index (χ0) is 17.3. The first-order chi connectivity index (χ1) is 11.5. The lowest BCUT2D eigenvalue weighted by atomic mass is 10.1. The fourth-order valence-corrected chi connectivity index (χ4v) is 3.52. The Hall–Kier alpha value is -1.79. The average Bonchev–Trinajstić information content (AvgIpc) is 3.13. The molecule has 2 heterocycles. The van der Waals surface area contributed by atoms with Crippen LogP contribution in [0, 0.1) is 0 Å². The number of benzene rings is 1. The van der Waals surface area contributed by atoms with Gasteiger partial charge in [0.25, 0.3) is 5.91 Å². The number of rotatable bonds is 4. The van der Waals surface area contributed by atoms with Gasteiger partial charge in [-0.15, -0.1) is 0 Å². The first kappa shape index (κ1) is 17.0. The van der Waals surface area contributed by atoms with Crippen molar-refractivity contribution in [2.24, 2.45) is 0 Å². The average molecular weight is 371 g/mol. The maximum Gasteiger partial charge on any atom is 0.417 e. The van der Waals surface area contributed by atoms with E-state index >= 15 is 0 Å². The minimum Gasteiger partial charge on any atom is -0.439 e. The largest absolute Gasteiger partial charge is 0.439 e. The Balaban J connectivity index is 1.55. The summed E-state index contributed by atoms with van der Waals surface area (Å²) in [5, 5.41) is 1.10. The Kier molecular flexibility index (Phi) is 4.96. The van der Waals surface area contributed by atoms with Crippen molar-refractivity contribution >= 4 is 41.1 Å². The summed E-state index contributed by atoms with van der Waals surface area (Å²) in [6.45, 7) is 0.668. The molecule has 1 unspecified atom stereocenters. The molecule has 0 bridgehead atoms. The third-order valence-corrected chi connectivity index (χ3v) is 4.88. The molecule has 3 amide bonds. The smallest absolute Gasteiger partial charge is 0.417 e. The van der Waals surface area contributed by atoms with Crippen LogP contribution in [0.25, 0.3) is 0 Å². The summed E-state index contributed by atoms with van der Waals surface area (Å²) in [4.78, 5) is 38.4. The Morgan fingerprint density at radius 3 is 2.75 bits per heavy atom. The second-order valence-corrected chi connectivity index (χ2v) is 6.68. The molecule has 0 aliphatic carbocycles. The van der Waals surface area contributed by atoms with Gasteiger partial charge in [-0.3, -0.25) is 9.59 Å². The van der Waals surface area contributed by atoms with E-state index < -0.39 is 6.09 Å². The van der Waals surface area contributed by atoms with Crippen molar-refractivity contribution in [1.82, 2.24) is 9.80 Å². The highest BCUT2D eigenvalue weighted by Crippen LogP contribution is 2.24. The lowest BCUT2D eigenvalue weighted by Gasteiger charge is -2.20. The van der Waals surface area contributed by atoms with E-state index in [9.17, 15) is 14.4 Å². The van der Waals surface area contributed by atoms with Gasteiger partial charge in [-0.2, -0.15) is 0 Å². The maximum atomic E-state index is 12.4. The molecule has 1 atom stereocenters. The van der Waals surface area contributed by atoms with Gasteiger partial charge in [-0.25, -0.2) is 9.69 Å². The molecular weight excluding hydrogens is 355 g/mol. The molecule has 2 aliphatic heterocycles. The van der Waals surface area contributed by atoms with E-state index in [2.05, 4.69) is 0 Å². The number of halogens is 2. The van der Waals surface area contributed by atoms with Gasteiger partial charge in [-0.05, 0) is 30.5 Å². The Bertz CT molecular complexity index is 679. The summed E-state index contributed by atoms with van der Waals surface area (Å²) in [7, 11) is 0. The van der Waals surface area contributed by atoms with Crippen molar-refractivity contribution in [1.29, 1.82) is 0 Å². The number of carbonyl (C=O) groups is 3. The van der Waals surface area contributed by atoms with Crippen LogP contribution in [0.3, 0.4) is 0 Å². The number of hydrogen-bond donors (Lipinski definition) is 0. The van der Waals surface area contributed by atoms with Gasteiger partial charge in [0, 0.05) is 29.6 Å². The zero-order valence-electron chi connectivity index (χ0n) is 12.8. The van der Waals surface area contributed by atoms with Crippen molar-refractivity contribution in [3.05, 3.63) is 33.8 Å². The molecular formula is C16H16Cl2N2O4. The molecule has 3 rings (SSSR count). The minimum absolute atomic E-state index is 0.0245. The van der Waals surface area contributed by atoms with Crippen LogP contribution in [-0.2, 0) is 20.7 Å². The Morgan fingerprint density at radius 1 is 1.29 bits per heavy atom. The van der Waals surface area contributed by atoms with Crippen LogP contribution in [-0.4, -0.2) is 53.4 Å². The van der Waals surface area contributed by atoms with Crippen molar-refractivity contribution in [2.45, 2.75) is 25.3 Å².